The molecule has 0 radical (unpaired) electrons. The lowest BCUT2D eigenvalue weighted by Crippen LogP contribution is -2.38. The molecule has 1 aromatic carbocycles. The molecule has 1 aliphatic heterocycles. The van der Waals surface area contributed by atoms with Crippen molar-refractivity contribution < 1.29 is 9.21 Å². The van der Waals surface area contributed by atoms with Crippen LogP contribution in [0.3, 0.4) is 0 Å². The quantitative estimate of drug-likeness (QED) is 0.581. The van der Waals surface area contributed by atoms with Gasteiger partial charge < -0.3 is 9.73 Å². The van der Waals surface area contributed by atoms with Crippen molar-refractivity contribution in [2.45, 2.75) is 52.5 Å². The number of fused-ring (bicyclic) bond motifs is 1. The molecule has 0 aliphatic carbocycles. The Hall–Kier alpha value is -2.11. The number of likely N-dealkylation sites (tertiary alicyclic amines) is 1. The predicted octanol–water partition coefficient (Wildman–Crippen LogP) is 5.77. The normalized spacial score (nSPS) is 16.7. The number of furan rings is 1. The number of hydrogen-bond acceptors (Lipinski definition) is 4. The Morgan fingerprint density at radius 3 is 2.55 bits per heavy atom. The number of nitrogens with zero attached hydrogens (tertiary/aromatic N) is 1. The van der Waals surface area contributed by atoms with Crippen LogP contribution >= 0.6 is 11.3 Å². The second-order valence-corrected chi connectivity index (χ2v) is 9.11. The van der Waals surface area contributed by atoms with Crippen LogP contribution in [0.25, 0.3) is 11.0 Å². The highest BCUT2D eigenvalue weighted by Crippen LogP contribution is 2.30. The molecule has 3 aromatic rings. The van der Waals surface area contributed by atoms with Gasteiger partial charge in [-0.3, -0.25) is 9.69 Å². The Bertz CT molecular complexity index is 982. The number of amides is 1. The third-order valence-corrected chi connectivity index (χ3v) is 7.21. The maximum atomic E-state index is 13.0. The molecule has 1 fully saturated rings. The topological polar surface area (TPSA) is 45.5 Å². The zero-order valence-corrected chi connectivity index (χ0v) is 18.4. The molecule has 5 heteroatoms. The van der Waals surface area contributed by atoms with Crippen LogP contribution in [0.4, 0.5) is 0 Å². The van der Waals surface area contributed by atoms with Crippen LogP contribution in [0.2, 0.25) is 0 Å². The maximum Gasteiger partial charge on any atom is 0.287 e. The zero-order chi connectivity index (χ0) is 20.4. The predicted molar refractivity (Wildman–Crippen MR) is 120 cm³/mol. The molecule has 1 aliphatic rings. The van der Waals surface area contributed by atoms with E-state index in [-0.39, 0.29) is 11.9 Å². The minimum Gasteiger partial charge on any atom is -0.450 e. The van der Waals surface area contributed by atoms with Gasteiger partial charge in [0.25, 0.3) is 5.91 Å². The number of hydrogen-bond donors (Lipinski definition) is 1. The number of aryl methyl sites for hydroxylation is 3. The Labute approximate surface area is 176 Å². The van der Waals surface area contributed by atoms with E-state index in [9.17, 15) is 4.79 Å². The van der Waals surface area contributed by atoms with Gasteiger partial charge in [0.2, 0.25) is 0 Å². The van der Waals surface area contributed by atoms with E-state index in [1.54, 1.807) is 11.3 Å². The molecule has 1 N–H and O–H groups in total. The van der Waals surface area contributed by atoms with E-state index < -0.39 is 0 Å². The highest BCUT2D eigenvalue weighted by atomic mass is 32.1. The number of nitrogens with one attached hydrogen (secondary N) is 1. The summed E-state index contributed by atoms with van der Waals surface area (Å²) in [5.41, 5.74) is 4.03. The van der Waals surface area contributed by atoms with Crippen LogP contribution in [-0.4, -0.2) is 30.4 Å². The van der Waals surface area contributed by atoms with Gasteiger partial charge in [0.15, 0.2) is 5.76 Å². The average molecular weight is 411 g/mol. The minimum absolute atomic E-state index is 0.118. The van der Waals surface area contributed by atoms with E-state index in [0.717, 1.165) is 35.2 Å². The number of benzene rings is 1. The van der Waals surface area contributed by atoms with E-state index in [1.807, 2.05) is 6.92 Å². The number of thiophene rings is 1. The summed E-state index contributed by atoms with van der Waals surface area (Å²) in [5.74, 6) is 0.321. The smallest absolute Gasteiger partial charge is 0.287 e. The lowest BCUT2D eigenvalue weighted by Gasteiger charge is -2.30. The molecule has 29 heavy (non-hydrogen) atoms. The molecular weight excluding hydrogens is 380 g/mol. The van der Waals surface area contributed by atoms with Crippen LogP contribution in [0.5, 0.6) is 0 Å². The molecule has 0 saturated carbocycles. The Kier molecular flexibility index (Phi) is 6.07. The van der Waals surface area contributed by atoms with E-state index in [4.69, 9.17) is 4.42 Å². The Balaban J connectivity index is 1.54. The average Bonchev–Trinajstić information content (AvgIpc) is 3.27. The summed E-state index contributed by atoms with van der Waals surface area (Å²) in [4.78, 5) is 16.9. The molecule has 1 amide bonds. The van der Waals surface area contributed by atoms with Gasteiger partial charge in [-0.1, -0.05) is 31.0 Å². The van der Waals surface area contributed by atoms with Gasteiger partial charge in [-0.2, -0.15) is 0 Å². The van der Waals surface area contributed by atoms with Crippen LogP contribution < -0.4 is 5.32 Å². The van der Waals surface area contributed by atoms with E-state index >= 15 is 0 Å². The summed E-state index contributed by atoms with van der Waals surface area (Å²) >= 11 is 1.77. The molecule has 0 unspecified atom stereocenters. The van der Waals surface area contributed by atoms with Crippen molar-refractivity contribution in [3.05, 3.63) is 57.0 Å². The van der Waals surface area contributed by atoms with Crippen molar-refractivity contribution in [2.24, 2.45) is 0 Å². The van der Waals surface area contributed by atoms with Crippen LogP contribution in [0.15, 0.2) is 34.1 Å². The summed E-state index contributed by atoms with van der Waals surface area (Å²) < 4.78 is 6.04. The molecule has 1 saturated heterocycles. The fraction of sp³-hybridized carbons (Fsp3) is 0.458. The third-order valence-electron chi connectivity index (χ3n) is 6.24. The fourth-order valence-corrected chi connectivity index (χ4v) is 5.16. The van der Waals surface area contributed by atoms with E-state index in [0.29, 0.717) is 12.3 Å². The van der Waals surface area contributed by atoms with Gasteiger partial charge in [0, 0.05) is 22.4 Å². The van der Waals surface area contributed by atoms with Crippen molar-refractivity contribution in [3.63, 3.8) is 0 Å². The molecule has 3 heterocycles. The first-order valence-corrected chi connectivity index (χ1v) is 11.5. The first kappa shape index (κ1) is 20.2. The van der Waals surface area contributed by atoms with Gasteiger partial charge >= 0.3 is 0 Å². The van der Waals surface area contributed by atoms with Gasteiger partial charge in [-0.05, 0) is 69.3 Å². The van der Waals surface area contributed by atoms with Gasteiger partial charge in [-0.15, -0.1) is 11.3 Å². The van der Waals surface area contributed by atoms with E-state index in [2.05, 4.69) is 53.7 Å². The highest BCUT2D eigenvalue weighted by molar-refractivity contribution is 7.10. The second kappa shape index (κ2) is 8.72. The molecule has 0 spiro atoms. The zero-order valence-electron chi connectivity index (χ0n) is 17.6. The van der Waals surface area contributed by atoms with Gasteiger partial charge in [0.1, 0.15) is 5.58 Å². The number of rotatable bonds is 5. The van der Waals surface area contributed by atoms with Gasteiger partial charge in [0.05, 0.1) is 6.04 Å². The second-order valence-electron chi connectivity index (χ2n) is 8.13. The fourth-order valence-electron chi connectivity index (χ4n) is 4.30. The van der Waals surface area contributed by atoms with Crippen LogP contribution in [0, 0.1) is 20.8 Å². The number of carbonyl (C=O) groups excluding carboxylic acids is 1. The first-order chi connectivity index (χ1) is 14.1. The van der Waals surface area contributed by atoms with Crippen molar-refractivity contribution in [1.29, 1.82) is 0 Å². The van der Waals surface area contributed by atoms with Crippen molar-refractivity contribution in [2.75, 3.05) is 19.6 Å². The lowest BCUT2D eigenvalue weighted by atomic mass is 10.0. The molecule has 0 bridgehead atoms. The summed E-state index contributed by atoms with van der Waals surface area (Å²) in [5, 5.41) is 6.32. The largest absolute Gasteiger partial charge is 0.450 e. The summed E-state index contributed by atoms with van der Waals surface area (Å²) in [7, 11) is 0. The highest BCUT2D eigenvalue weighted by Gasteiger charge is 2.25. The van der Waals surface area contributed by atoms with Crippen LogP contribution in [-0.2, 0) is 0 Å². The SMILES string of the molecule is Cc1ccc2c(C)c(C(=O)NC[C@H](c3cccs3)N3CCCCCC3)oc2c1C. The van der Waals surface area contributed by atoms with E-state index in [1.165, 1.54) is 36.1 Å². The minimum atomic E-state index is -0.118. The monoisotopic (exact) mass is 410 g/mol. The maximum absolute atomic E-state index is 13.0. The molecule has 1 atom stereocenters. The Morgan fingerprint density at radius 1 is 1.10 bits per heavy atom. The molecule has 154 valence electrons. The summed E-state index contributed by atoms with van der Waals surface area (Å²) in [6, 6.07) is 8.66. The summed E-state index contributed by atoms with van der Waals surface area (Å²) in [6.45, 7) is 8.89. The molecule has 2 aromatic heterocycles. The van der Waals surface area contributed by atoms with Gasteiger partial charge in [-0.25, -0.2) is 0 Å². The number of carbonyl (C=O) groups is 1. The van der Waals surface area contributed by atoms with Crippen molar-refractivity contribution in [3.8, 4) is 0 Å². The first-order valence-electron chi connectivity index (χ1n) is 10.6. The third kappa shape index (κ3) is 4.12. The Morgan fingerprint density at radius 2 is 1.86 bits per heavy atom. The molecule has 4 rings (SSSR count). The van der Waals surface area contributed by atoms with Crippen molar-refractivity contribution in [1.82, 2.24) is 10.2 Å². The standard InChI is InChI=1S/C24H30N2O2S/c1-16-10-11-19-18(3)23(28-22(19)17(16)2)24(27)25-15-20(21-9-8-14-29-21)26-12-6-4-5-7-13-26/h8-11,14,20H,4-7,12-13,15H2,1-3H3,(H,25,27)/t20-/m1/s1. The summed E-state index contributed by atoms with van der Waals surface area (Å²) in [6.07, 6.45) is 5.07. The van der Waals surface area contributed by atoms with Crippen LogP contribution in [0.1, 0.15) is 63.8 Å². The van der Waals surface area contributed by atoms with Crippen molar-refractivity contribution >= 4 is 28.2 Å². The molecular formula is C24H30N2O2S. The lowest BCUT2D eigenvalue weighted by molar-refractivity contribution is 0.0907. The molecule has 4 nitrogen and oxygen atoms in total.